The number of rotatable bonds is 7. The predicted molar refractivity (Wildman–Crippen MR) is 73.6 cm³/mol. The highest BCUT2D eigenvalue weighted by atomic mass is 15.2. The van der Waals surface area contributed by atoms with Crippen molar-refractivity contribution in [1.82, 2.24) is 4.90 Å². The molecular weight excluding hydrogens is 196 g/mol. The lowest BCUT2D eigenvalue weighted by molar-refractivity contribution is 0.0521. The summed E-state index contributed by atoms with van der Waals surface area (Å²) in [6.07, 6.45) is 2.38. The van der Waals surface area contributed by atoms with Crippen molar-refractivity contribution in [3.05, 3.63) is 0 Å². The number of hydrogen-bond donors (Lipinski definition) is 1. The molecule has 2 nitrogen and oxygen atoms in total. The maximum absolute atomic E-state index is 6.10. The minimum absolute atomic E-state index is 0.177. The first kappa shape index (κ1) is 15.9. The average molecular weight is 228 g/mol. The Balaban J connectivity index is 4.94. The van der Waals surface area contributed by atoms with E-state index in [1.165, 1.54) is 12.8 Å². The highest BCUT2D eigenvalue weighted by Crippen LogP contribution is 2.30. The SMILES string of the molecule is CC(C)CC(CN)(CC(C)C)N(C)C(C)C. The Morgan fingerprint density at radius 3 is 1.50 bits per heavy atom. The molecule has 0 atom stereocenters. The molecule has 2 heteroatoms. The number of likely N-dealkylation sites (N-methyl/N-ethyl adjacent to an activating group) is 1. The number of hydrogen-bond acceptors (Lipinski definition) is 2. The van der Waals surface area contributed by atoms with E-state index >= 15 is 0 Å². The first-order chi connectivity index (χ1) is 7.25. The number of nitrogens with two attached hydrogens (primary N) is 1. The zero-order chi connectivity index (χ0) is 12.9. The van der Waals surface area contributed by atoms with E-state index in [9.17, 15) is 0 Å². The van der Waals surface area contributed by atoms with Crippen LogP contribution in [0.3, 0.4) is 0 Å². The van der Waals surface area contributed by atoms with Gasteiger partial charge in [0, 0.05) is 18.1 Å². The van der Waals surface area contributed by atoms with Crippen LogP contribution >= 0.6 is 0 Å². The van der Waals surface area contributed by atoms with E-state index in [0.717, 1.165) is 6.54 Å². The van der Waals surface area contributed by atoms with Gasteiger partial charge < -0.3 is 5.73 Å². The first-order valence-electron chi connectivity index (χ1n) is 6.68. The van der Waals surface area contributed by atoms with Gasteiger partial charge >= 0.3 is 0 Å². The van der Waals surface area contributed by atoms with Gasteiger partial charge in [0.15, 0.2) is 0 Å². The van der Waals surface area contributed by atoms with Crippen molar-refractivity contribution < 1.29 is 0 Å². The molecule has 0 spiro atoms. The molecule has 98 valence electrons. The van der Waals surface area contributed by atoms with Crippen molar-refractivity contribution in [1.29, 1.82) is 0 Å². The third kappa shape index (κ3) is 4.42. The molecule has 0 amide bonds. The highest BCUT2D eigenvalue weighted by Gasteiger charge is 2.35. The average Bonchev–Trinajstić information content (AvgIpc) is 2.13. The second kappa shape index (κ2) is 6.61. The fraction of sp³-hybridized carbons (Fsp3) is 1.00. The molecule has 0 aromatic carbocycles. The summed E-state index contributed by atoms with van der Waals surface area (Å²) in [6.45, 7) is 14.4. The number of nitrogens with zero attached hydrogens (tertiary/aromatic N) is 1. The second-order valence-corrected chi connectivity index (χ2v) is 6.33. The van der Waals surface area contributed by atoms with Gasteiger partial charge in [0.2, 0.25) is 0 Å². The van der Waals surface area contributed by atoms with Crippen molar-refractivity contribution in [2.24, 2.45) is 17.6 Å². The van der Waals surface area contributed by atoms with Gasteiger partial charge in [-0.25, -0.2) is 0 Å². The normalized spacial score (nSPS) is 13.5. The van der Waals surface area contributed by atoms with E-state index in [0.29, 0.717) is 17.9 Å². The minimum Gasteiger partial charge on any atom is -0.329 e. The molecule has 0 bridgehead atoms. The van der Waals surface area contributed by atoms with Crippen molar-refractivity contribution in [2.75, 3.05) is 13.6 Å². The Bertz CT molecular complexity index is 175. The lowest BCUT2D eigenvalue weighted by Gasteiger charge is -2.46. The van der Waals surface area contributed by atoms with Crippen molar-refractivity contribution in [2.45, 2.75) is 66.0 Å². The van der Waals surface area contributed by atoms with Crippen LogP contribution < -0.4 is 5.73 Å². The molecule has 0 aromatic rings. The van der Waals surface area contributed by atoms with E-state index in [1.54, 1.807) is 0 Å². The van der Waals surface area contributed by atoms with Crippen LogP contribution in [0.1, 0.15) is 54.4 Å². The van der Waals surface area contributed by atoms with Crippen LogP contribution in [0.15, 0.2) is 0 Å². The molecule has 0 radical (unpaired) electrons. The molecular formula is C14H32N2. The molecule has 16 heavy (non-hydrogen) atoms. The largest absolute Gasteiger partial charge is 0.329 e. The molecule has 0 fully saturated rings. The van der Waals surface area contributed by atoms with Gasteiger partial charge in [0.25, 0.3) is 0 Å². The van der Waals surface area contributed by atoms with E-state index < -0.39 is 0 Å². The van der Waals surface area contributed by atoms with E-state index in [-0.39, 0.29) is 5.54 Å². The summed E-state index contributed by atoms with van der Waals surface area (Å²) in [6, 6.07) is 0.557. The molecule has 0 heterocycles. The zero-order valence-electron chi connectivity index (χ0n) is 12.4. The van der Waals surface area contributed by atoms with E-state index in [4.69, 9.17) is 5.73 Å². The maximum atomic E-state index is 6.10. The van der Waals surface area contributed by atoms with Gasteiger partial charge in [-0.1, -0.05) is 27.7 Å². The summed E-state index contributed by atoms with van der Waals surface area (Å²) >= 11 is 0. The third-order valence-corrected chi connectivity index (χ3v) is 3.48. The van der Waals surface area contributed by atoms with Crippen LogP contribution in [0.4, 0.5) is 0 Å². The Labute approximate surface area is 103 Å². The van der Waals surface area contributed by atoms with Crippen LogP contribution in [0.2, 0.25) is 0 Å². The summed E-state index contributed by atoms with van der Waals surface area (Å²) in [5.74, 6) is 1.40. The third-order valence-electron chi connectivity index (χ3n) is 3.48. The van der Waals surface area contributed by atoms with Gasteiger partial charge in [-0.3, -0.25) is 4.90 Å². The van der Waals surface area contributed by atoms with Crippen molar-refractivity contribution in [3.63, 3.8) is 0 Å². The summed E-state index contributed by atoms with van der Waals surface area (Å²) < 4.78 is 0. The van der Waals surface area contributed by atoms with Gasteiger partial charge in [0.05, 0.1) is 0 Å². The summed E-state index contributed by atoms with van der Waals surface area (Å²) in [5.41, 5.74) is 6.28. The Morgan fingerprint density at radius 1 is 0.938 bits per heavy atom. The van der Waals surface area contributed by atoms with E-state index in [1.807, 2.05) is 0 Å². The molecule has 0 aliphatic rings. The van der Waals surface area contributed by atoms with Crippen molar-refractivity contribution >= 4 is 0 Å². The van der Waals surface area contributed by atoms with Crippen LogP contribution in [0.25, 0.3) is 0 Å². The summed E-state index contributed by atoms with van der Waals surface area (Å²) in [5, 5.41) is 0. The maximum Gasteiger partial charge on any atom is 0.0336 e. The van der Waals surface area contributed by atoms with Crippen LogP contribution in [-0.4, -0.2) is 30.1 Å². The second-order valence-electron chi connectivity index (χ2n) is 6.33. The van der Waals surface area contributed by atoms with Gasteiger partial charge in [-0.15, -0.1) is 0 Å². The quantitative estimate of drug-likeness (QED) is 0.725. The fourth-order valence-corrected chi connectivity index (χ4v) is 2.75. The molecule has 0 aliphatic carbocycles. The molecule has 2 N–H and O–H groups in total. The van der Waals surface area contributed by atoms with Crippen LogP contribution in [0.5, 0.6) is 0 Å². The summed E-state index contributed by atoms with van der Waals surface area (Å²) in [4.78, 5) is 2.48. The standard InChI is InChI=1S/C14H32N2/c1-11(2)8-14(10-15,9-12(3)4)16(7)13(5)6/h11-13H,8-10,15H2,1-7H3. The lowest BCUT2D eigenvalue weighted by atomic mass is 9.80. The van der Waals surface area contributed by atoms with Gasteiger partial charge in [0.1, 0.15) is 0 Å². The Hall–Kier alpha value is -0.0800. The first-order valence-corrected chi connectivity index (χ1v) is 6.68. The lowest BCUT2D eigenvalue weighted by Crippen LogP contribution is -2.56. The minimum atomic E-state index is 0.177. The molecule has 0 saturated heterocycles. The summed E-state index contributed by atoms with van der Waals surface area (Å²) in [7, 11) is 2.22. The van der Waals surface area contributed by atoms with Gasteiger partial charge in [-0.05, 0) is 45.6 Å². The molecule has 0 aromatic heterocycles. The van der Waals surface area contributed by atoms with Crippen molar-refractivity contribution in [3.8, 4) is 0 Å². The predicted octanol–water partition coefficient (Wildman–Crippen LogP) is 3.12. The molecule has 0 aliphatic heterocycles. The van der Waals surface area contributed by atoms with Gasteiger partial charge in [-0.2, -0.15) is 0 Å². The topological polar surface area (TPSA) is 29.3 Å². The monoisotopic (exact) mass is 228 g/mol. The van der Waals surface area contributed by atoms with E-state index in [2.05, 4.69) is 53.5 Å². The molecule has 0 rings (SSSR count). The highest BCUT2D eigenvalue weighted by molar-refractivity contribution is 4.93. The molecule has 0 unspecified atom stereocenters. The van der Waals surface area contributed by atoms with Crippen LogP contribution in [0, 0.1) is 11.8 Å². The zero-order valence-corrected chi connectivity index (χ0v) is 12.4. The Kier molecular flexibility index (Phi) is 6.57. The smallest absolute Gasteiger partial charge is 0.0336 e. The Morgan fingerprint density at radius 2 is 1.31 bits per heavy atom. The van der Waals surface area contributed by atoms with Crippen LogP contribution in [-0.2, 0) is 0 Å². The fourth-order valence-electron chi connectivity index (χ4n) is 2.75. The molecule has 0 saturated carbocycles.